The molecule has 0 N–H and O–H groups in total. The summed E-state index contributed by atoms with van der Waals surface area (Å²) in [6.07, 6.45) is -7.41. The van der Waals surface area contributed by atoms with Gasteiger partial charge in [0.15, 0.2) is 0 Å². The molecule has 0 aliphatic heterocycles. The van der Waals surface area contributed by atoms with Crippen LogP contribution in [-0.4, -0.2) is 35.8 Å². The number of alkyl halides is 13. The summed E-state index contributed by atoms with van der Waals surface area (Å²) in [6, 6.07) is 0. The lowest BCUT2D eigenvalue weighted by Crippen LogP contribution is -2.70. The molecule has 0 saturated heterocycles. The van der Waals surface area contributed by atoms with E-state index in [1.165, 1.54) is 0 Å². The number of rotatable bonds is 5. The summed E-state index contributed by atoms with van der Waals surface area (Å²) in [5.41, 5.74) is -2.53. The van der Waals surface area contributed by atoms with Crippen LogP contribution in [0.25, 0.3) is 0 Å². The van der Waals surface area contributed by atoms with Gasteiger partial charge in [-0.1, -0.05) is 12.5 Å². The molecule has 1 rings (SSSR count). The second-order valence-electron chi connectivity index (χ2n) is 6.44. The summed E-state index contributed by atoms with van der Waals surface area (Å²) in [4.78, 5) is 0. The van der Waals surface area contributed by atoms with Crippen LogP contribution in [-0.2, 0) is 0 Å². The van der Waals surface area contributed by atoms with Crippen LogP contribution in [0.4, 0.5) is 57.1 Å². The zero-order valence-electron chi connectivity index (χ0n) is 14.5. The lowest BCUT2D eigenvalue weighted by atomic mass is 9.84. The average Bonchev–Trinajstić information content (AvgIpc) is 2.69. The first-order valence-corrected chi connectivity index (χ1v) is 7.36. The van der Waals surface area contributed by atoms with Gasteiger partial charge in [-0.2, -0.15) is 57.1 Å². The molecule has 0 saturated carbocycles. The molecule has 1 unspecified atom stereocenters. The summed E-state index contributed by atoms with van der Waals surface area (Å²) in [5.74, 6) is -38.5. The van der Waals surface area contributed by atoms with E-state index in [-0.39, 0.29) is 11.1 Å². The van der Waals surface area contributed by atoms with Crippen molar-refractivity contribution in [3.63, 3.8) is 0 Å². The number of hydrogen-bond donors (Lipinski definition) is 0. The van der Waals surface area contributed by atoms with Crippen molar-refractivity contribution < 1.29 is 57.1 Å². The molecule has 1 aliphatic carbocycles. The predicted octanol–water partition coefficient (Wildman–Crippen LogP) is 7.03. The fraction of sp³-hybridized carbons (Fsp3) is 0.733. The lowest BCUT2D eigenvalue weighted by Gasteiger charge is -2.40. The van der Waals surface area contributed by atoms with Crippen LogP contribution in [0.3, 0.4) is 0 Å². The van der Waals surface area contributed by atoms with Crippen LogP contribution in [0, 0.1) is 5.92 Å². The zero-order chi connectivity index (χ0) is 22.9. The quantitative estimate of drug-likeness (QED) is 0.403. The van der Waals surface area contributed by atoms with Crippen LogP contribution in [0.5, 0.6) is 0 Å². The molecule has 0 fully saturated rings. The predicted molar refractivity (Wildman–Crippen MR) is 71.0 cm³/mol. The standard InChI is InChI=1S/C15H13F13/c1-5-6(2)8(4)9(7(5)3)10(16,17)11(18,19)12(20,21)13(22,23)14(24,25)15(26,27)28/h7H,1-4H3. The first-order valence-electron chi connectivity index (χ1n) is 7.36. The van der Waals surface area contributed by atoms with E-state index in [2.05, 4.69) is 0 Å². The number of halogens is 13. The molecule has 28 heavy (non-hydrogen) atoms. The molecule has 0 amide bonds. The fourth-order valence-corrected chi connectivity index (χ4v) is 2.81. The second-order valence-corrected chi connectivity index (χ2v) is 6.44. The van der Waals surface area contributed by atoms with Gasteiger partial charge in [-0.15, -0.1) is 0 Å². The Morgan fingerprint density at radius 1 is 0.536 bits per heavy atom. The SMILES string of the molecule is CC1=C(C)C(C)C(C(F)(F)C(F)(F)C(F)(F)C(F)(F)C(F)(F)C(F)(F)F)=C1C. The van der Waals surface area contributed by atoms with Gasteiger partial charge in [0, 0.05) is 11.5 Å². The molecule has 0 nitrogen and oxygen atoms in total. The molecule has 13 heteroatoms. The van der Waals surface area contributed by atoms with Gasteiger partial charge in [0.1, 0.15) is 0 Å². The topological polar surface area (TPSA) is 0 Å². The van der Waals surface area contributed by atoms with Crippen LogP contribution in [0.1, 0.15) is 27.7 Å². The van der Waals surface area contributed by atoms with E-state index in [1.54, 1.807) is 0 Å². The minimum atomic E-state index is -7.88. The van der Waals surface area contributed by atoms with E-state index in [4.69, 9.17) is 0 Å². The highest BCUT2D eigenvalue weighted by atomic mass is 19.4. The maximum atomic E-state index is 14.3. The molecule has 0 aromatic heterocycles. The normalized spacial score (nSPS) is 21.1. The molecule has 0 bridgehead atoms. The van der Waals surface area contributed by atoms with Crippen molar-refractivity contribution in [2.45, 2.75) is 63.5 Å². The average molecular weight is 440 g/mol. The Kier molecular flexibility index (Phi) is 5.52. The summed E-state index contributed by atoms with van der Waals surface area (Å²) in [7, 11) is 0. The summed E-state index contributed by atoms with van der Waals surface area (Å²) in [5, 5.41) is 0. The van der Waals surface area contributed by atoms with Crippen molar-refractivity contribution >= 4 is 0 Å². The molecule has 0 aromatic carbocycles. The van der Waals surface area contributed by atoms with Gasteiger partial charge in [-0.25, -0.2) is 0 Å². The Bertz CT molecular complexity index is 706. The van der Waals surface area contributed by atoms with Crippen LogP contribution < -0.4 is 0 Å². The fourth-order valence-electron chi connectivity index (χ4n) is 2.81. The summed E-state index contributed by atoms with van der Waals surface area (Å²) < 4.78 is 172. The van der Waals surface area contributed by atoms with Crippen molar-refractivity contribution in [2.24, 2.45) is 5.92 Å². The molecule has 1 atom stereocenters. The van der Waals surface area contributed by atoms with Crippen LogP contribution in [0.15, 0.2) is 22.3 Å². The Labute approximate surface area is 150 Å². The maximum absolute atomic E-state index is 14.3. The largest absolute Gasteiger partial charge is 0.460 e. The van der Waals surface area contributed by atoms with Crippen molar-refractivity contribution in [2.75, 3.05) is 0 Å². The smallest absolute Gasteiger partial charge is 0.194 e. The van der Waals surface area contributed by atoms with E-state index in [0.717, 1.165) is 27.7 Å². The highest BCUT2D eigenvalue weighted by Gasteiger charge is 2.91. The molecular formula is C15H13F13. The monoisotopic (exact) mass is 440 g/mol. The molecule has 0 radical (unpaired) electrons. The third-order valence-electron chi connectivity index (χ3n) is 4.91. The highest BCUT2D eigenvalue weighted by molar-refractivity contribution is 5.50. The van der Waals surface area contributed by atoms with Gasteiger partial charge >= 0.3 is 35.8 Å². The molecule has 0 spiro atoms. The van der Waals surface area contributed by atoms with E-state index in [9.17, 15) is 57.1 Å². The van der Waals surface area contributed by atoms with Crippen LogP contribution in [0.2, 0.25) is 0 Å². The van der Waals surface area contributed by atoms with Crippen LogP contribution >= 0.6 is 0 Å². The molecule has 164 valence electrons. The maximum Gasteiger partial charge on any atom is 0.460 e. The highest BCUT2D eigenvalue weighted by Crippen LogP contribution is 2.62. The van der Waals surface area contributed by atoms with Crippen molar-refractivity contribution in [3.8, 4) is 0 Å². The Morgan fingerprint density at radius 3 is 1.18 bits per heavy atom. The first kappa shape index (κ1) is 24.6. The van der Waals surface area contributed by atoms with Gasteiger partial charge < -0.3 is 0 Å². The van der Waals surface area contributed by atoms with Gasteiger partial charge in [-0.3, -0.25) is 0 Å². The third-order valence-corrected chi connectivity index (χ3v) is 4.91. The Balaban J connectivity index is 3.65. The van der Waals surface area contributed by atoms with Gasteiger partial charge in [0.05, 0.1) is 0 Å². The second kappa shape index (κ2) is 6.28. The lowest BCUT2D eigenvalue weighted by molar-refractivity contribution is -0.437. The van der Waals surface area contributed by atoms with E-state index < -0.39 is 52.9 Å². The molecule has 0 heterocycles. The number of hydrogen-bond acceptors (Lipinski definition) is 0. The summed E-state index contributed by atoms with van der Waals surface area (Å²) >= 11 is 0. The van der Waals surface area contributed by atoms with Crippen molar-refractivity contribution in [1.82, 2.24) is 0 Å². The van der Waals surface area contributed by atoms with E-state index in [0.29, 0.717) is 0 Å². The Hall–Kier alpha value is -1.43. The minimum absolute atomic E-state index is 0.0151. The van der Waals surface area contributed by atoms with Crippen molar-refractivity contribution in [3.05, 3.63) is 22.3 Å². The van der Waals surface area contributed by atoms with E-state index >= 15 is 0 Å². The molecule has 1 aliphatic rings. The number of allylic oxidation sites excluding steroid dienone is 4. The first-order chi connectivity index (χ1) is 12.0. The van der Waals surface area contributed by atoms with Gasteiger partial charge in [0.2, 0.25) is 0 Å². The van der Waals surface area contributed by atoms with Gasteiger partial charge in [0.25, 0.3) is 0 Å². The molecular weight excluding hydrogens is 427 g/mol. The third kappa shape index (κ3) is 2.82. The van der Waals surface area contributed by atoms with Crippen molar-refractivity contribution in [1.29, 1.82) is 0 Å². The van der Waals surface area contributed by atoms with Gasteiger partial charge in [-0.05, 0) is 31.9 Å². The Morgan fingerprint density at radius 2 is 0.893 bits per heavy atom. The zero-order valence-corrected chi connectivity index (χ0v) is 14.5. The minimum Gasteiger partial charge on any atom is -0.194 e. The molecule has 0 aromatic rings. The van der Waals surface area contributed by atoms with E-state index in [1.807, 2.05) is 0 Å². The summed E-state index contributed by atoms with van der Waals surface area (Å²) in [6.45, 7) is 3.90.